The molecular formula is C23H24ClN3O5. The van der Waals surface area contributed by atoms with E-state index in [0.29, 0.717) is 19.5 Å². The fraction of sp³-hybridized carbons (Fsp3) is 0.304. The van der Waals surface area contributed by atoms with E-state index in [4.69, 9.17) is 11.6 Å². The van der Waals surface area contributed by atoms with Crippen molar-refractivity contribution in [2.45, 2.75) is 26.3 Å². The number of nitrogens with zero attached hydrogens (tertiary/aromatic N) is 2. The number of rotatable bonds is 6. The Labute approximate surface area is 190 Å². The summed E-state index contributed by atoms with van der Waals surface area (Å²) in [5, 5.41) is 23.0. The highest BCUT2D eigenvalue weighted by Crippen LogP contribution is 2.25. The van der Waals surface area contributed by atoms with Crippen molar-refractivity contribution in [3.63, 3.8) is 0 Å². The zero-order chi connectivity index (χ0) is 23.4. The number of non-ortho nitro benzene ring substituents is 1. The second-order valence-corrected chi connectivity index (χ2v) is 8.33. The van der Waals surface area contributed by atoms with Gasteiger partial charge in [0.2, 0.25) is 5.91 Å². The number of benzene rings is 2. The number of hydrogen-bond donors (Lipinski definition) is 2. The van der Waals surface area contributed by atoms with E-state index in [9.17, 15) is 24.8 Å². The summed E-state index contributed by atoms with van der Waals surface area (Å²) >= 11 is 6.06. The molecule has 1 aliphatic rings. The van der Waals surface area contributed by atoms with Crippen LogP contribution in [0, 0.1) is 16.0 Å². The summed E-state index contributed by atoms with van der Waals surface area (Å²) in [6.07, 6.45) is 2.63. The molecule has 32 heavy (non-hydrogen) atoms. The highest BCUT2D eigenvalue weighted by Gasteiger charge is 2.30. The van der Waals surface area contributed by atoms with E-state index in [1.54, 1.807) is 17.0 Å². The molecule has 2 N–H and O–H groups in total. The quantitative estimate of drug-likeness (QED) is 0.502. The summed E-state index contributed by atoms with van der Waals surface area (Å²) in [5.41, 5.74) is 1.95. The molecule has 1 heterocycles. The molecule has 0 aliphatic carbocycles. The van der Waals surface area contributed by atoms with E-state index in [0.717, 1.165) is 17.2 Å². The maximum absolute atomic E-state index is 13.1. The van der Waals surface area contributed by atoms with Crippen LogP contribution in [0.5, 0.6) is 5.75 Å². The minimum absolute atomic E-state index is 0.0499. The highest BCUT2D eigenvalue weighted by molar-refractivity contribution is 6.34. The summed E-state index contributed by atoms with van der Waals surface area (Å²) in [4.78, 5) is 37.9. The number of carbonyl (C=O) groups is 2. The lowest BCUT2D eigenvalue weighted by Gasteiger charge is -2.32. The van der Waals surface area contributed by atoms with Gasteiger partial charge in [-0.2, -0.15) is 0 Å². The van der Waals surface area contributed by atoms with Crippen molar-refractivity contribution in [1.82, 2.24) is 10.2 Å². The van der Waals surface area contributed by atoms with Crippen LogP contribution in [-0.2, 0) is 4.79 Å². The van der Waals surface area contributed by atoms with Crippen LogP contribution in [0.15, 0.2) is 48.5 Å². The lowest BCUT2D eigenvalue weighted by Crippen LogP contribution is -2.52. The van der Waals surface area contributed by atoms with Crippen LogP contribution in [0.3, 0.4) is 0 Å². The number of aromatic hydroxyl groups is 1. The van der Waals surface area contributed by atoms with Crippen molar-refractivity contribution in [1.29, 1.82) is 0 Å². The molecule has 3 rings (SSSR count). The number of nitrogens with one attached hydrogen (secondary N) is 1. The number of hydrogen-bond acceptors (Lipinski definition) is 5. The maximum Gasteiger partial charge on any atom is 0.270 e. The normalized spacial score (nSPS) is 14.6. The number of phenolic OH excluding ortho intramolecular Hbond substituents is 1. The molecule has 168 valence electrons. The average molecular weight is 458 g/mol. The molecule has 0 bridgehead atoms. The van der Waals surface area contributed by atoms with E-state index in [1.807, 2.05) is 32.1 Å². The molecular weight excluding hydrogens is 434 g/mol. The summed E-state index contributed by atoms with van der Waals surface area (Å²) in [6.45, 7) is 4.58. The van der Waals surface area contributed by atoms with Crippen LogP contribution in [0.1, 0.15) is 36.2 Å². The number of phenols is 1. The molecule has 8 nitrogen and oxygen atoms in total. The van der Waals surface area contributed by atoms with Crippen LogP contribution in [-0.4, -0.2) is 45.9 Å². The van der Waals surface area contributed by atoms with Crippen molar-refractivity contribution >= 4 is 34.7 Å². The minimum atomic E-state index is -0.766. The van der Waals surface area contributed by atoms with Gasteiger partial charge < -0.3 is 15.3 Å². The third-order valence-corrected chi connectivity index (χ3v) is 5.70. The zero-order valence-electron chi connectivity index (χ0n) is 17.7. The van der Waals surface area contributed by atoms with Gasteiger partial charge in [-0.15, -0.1) is 0 Å². The third kappa shape index (κ3) is 5.26. The van der Waals surface area contributed by atoms with E-state index in [-0.39, 0.29) is 33.8 Å². The van der Waals surface area contributed by atoms with Crippen LogP contribution < -0.4 is 5.32 Å². The molecule has 0 saturated heterocycles. The van der Waals surface area contributed by atoms with Gasteiger partial charge in [0.1, 0.15) is 11.8 Å². The SMILES string of the molecule is CC(C)C(NC(=O)c1ccc([N+](=O)[O-])cc1Cl)C(=O)N1CC=C(c2ccc(O)cc2)CC1. The Hall–Kier alpha value is -3.39. The maximum atomic E-state index is 13.1. The average Bonchev–Trinajstić information content (AvgIpc) is 2.77. The molecule has 2 amide bonds. The third-order valence-electron chi connectivity index (χ3n) is 5.39. The number of amides is 2. The van der Waals surface area contributed by atoms with E-state index in [1.165, 1.54) is 12.1 Å². The molecule has 0 saturated carbocycles. The molecule has 2 aromatic rings. The van der Waals surface area contributed by atoms with E-state index in [2.05, 4.69) is 5.32 Å². The van der Waals surface area contributed by atoms with Gasteiger partial charge in [-0.3, -0.25) is 19.7 Å². The van der Waals surface area contributed by atoms with Crippen molar-refractivity contribution in [2.75, 3.05) is 13.1 Å². The number of nitro groups is 1. The van der Waals surface area contributed by atoms with Gasteiger partial charge in [0, 0.05) is 25.2 Å². The molecule has 0 radical (unpaired) electrons. The van der Waals surface area contributed by atoms with Crippen LogP contribution in [0.2, 0.25) is 5.02 Å². The monoisotopic (exact) mass is 457 g/mol. The summed E-state index contributed by atoms with van der Waals surface area (Å²) in [7, 11) is 0. The molecule has 1 aliphatic heterocycles. The molecule has 2 aromatic carbocycles. The van der Waals surface area contributed by atoms with Gasteiger partial charge in [-0.25, -0.2) is 0 Å². The van der Waals surface area contributed by atoms with Crippen LogP contribution in [0.4, 0.5) is 5.69 Å². The Morgan fingerprint density at radius 1 is 1.19 bits per heavy atom. The molecule has 1 atom stereocenters. The summed E-state index contributed by atoms with van der Waals surface area (Å²) in [5.74, 6) is -0.738. The summed E-state index contributed by atoms with van der Waals surface area (Å²) in [6, 6.07) is 9.76. The van der Waals surface area contributed by atoms with Crippen molar-refractivity contribution in [3.05, 3.63) is 74.8 Å². The fourth-order valence-corrected chi connectivity index (χ4v) is 3.80. The first kappa shape index (κ1) is 23.3. The van der Waals surface area contributed by atoms with Gasteiger partial charge in [0.05, 0.1) is 15.5 Å². The second-order valence-electron chi connectivity index (χ2n) is 7.93. The molecule has 0 aromatic heterocycles. The lowest BCUT2D eigenvalue weighted by molar-refractivity contribution is -0.384. The van der Waals surface area contributed by atoms with E-state index < -0.39 is 16.9 Å². The molecule has 1 unspecified atom stereocenters. The van der Waals surface area contributed by atoms with E-state index >= 15 is 0 Å². The standard InChI is InChI=1S/C23H24ClN3O5/c1-14(2)21(25-22(29)19-8-5-17(27(31)32)13-20(19)24)23(30)26-11-9-16(10-12-26)15-3-6-18(28)7-4-15/h3-9,13-14,21,28H,10-12H2,1-2H3,(H,25,29). The predicted octanol–water partition coefficient (Wildman–Crippen LogP) is 4.02. The Bertz CT molecular complexity index is 1070. The fourth-order valence-electron chi connectivity index (χ4n) is 3.54. The number of halogens is 1. The van der Waals surface area contributed by atoms with Gasteiger partial charge >= 0.3 is 0 Å². The Balaban J connectivity index is 1.70. The Kier molecular flexibility index (Phi) is 7.15. The predicted molar refractivity (Wildman–Crippen MR) is 121 cm³/mol. The van der Waals surface area contributed by atoms with Crippen molar-refractivity contribution in [2.24, 2.45) is 5.92 Å². The van der Waals surface area contributed by atoms with Gasteiger partial charge in [-0.1, -0.05) is 43.7 Å². The van der Waals surface area contributed by atoms with Crippen LogP contribution in [0.25, 0.3) is 5.57 Å². The second kappa shape index (κ2) is 9.82. The first-order valence-corrected chi connectivity index (χ1v) is 10.6. The molecule has 0 fully saturated rings. The topological polar surface area (TPSA) is 113 Å². The van der Waals surface area contributed by atoms with Gasteiger partial charge in [0.25, 0.3) is 11.6 Å². The molecule has 9 heteroatoms. The van der Waals surface area contributed by atoms with Crippen molar-refractivity contribution in [3.8, 4) is 5.75 Å². The number of carbonyl (C=O) groups excluding carboxylic acids is 2. The highest BCUT2D eigenvalue weighted by atomic mass is 35.5. The zero-order valence-corrected chi connectivity index (χ0v) is 18.5. The Morgan fingerprint density at radius 3 is 2.41 bits per heavy atom. The Morgan fingerprint density at radius 2 is 1.88 bits per heavy atom. The molecule has 0 spiro atoms. The first-order chi connectivity index (χ1) is 15.2. The number of nitro benzene ring substituents is 1. The largest absolute Gasteiger partial charge is 0.508 e. The smallest absolute Gasteiger partial charge is 0.270 e. The van der Waals surface area contributed by atoms with Crippen molar-refractivity contribution < 1.29 is 19.6 Å². The minimum Gasteiger partial charge on any atom is -0.508 e. The first-order valence-electron chi connectivity index (χ1n) is 10.2. The van der Waals surface area contributed by atoms with Crippen LogP contribution >= 0.6 is 11.6 Å². The summed E-state index contributed by atoms with van der Waals surface area (Å²) < 4.78 is 0. The van der Waals surface area contributed by atoms with Gasteiger partial charge in [-0.05, 0) is 41.7 Å². The van der Waals surface area contributed by atoms with Gasteiger partial charge in [0.15, 0.2) is 0 Å². The lowest BCUT2D eigenvalue weighted by atomic mass is 9.97.